The highest BCUT2D eigenvalue weighted by Crippen LogP contribution is 2.23. The van der Waals surface area contributed by atoms with Gasteiger partial charge in [0.05, 0.1) is 6.61 Å². The molecule has 0 atom stereocenters. The first-order valence-corrected chi connectivity index (χ1v) is 6.23. The molecule has 0 aliphatic carbocycles. The summed E-state index contributed by atoms with van der Waals surface area (Å²) in [5.74, 6) is 0. The van der Waals surface area contributed by atoms with Crippen molar-refractivity contribution in [3.63, 3.8) is 0 Å². The van der Waals surface area contributed by atoms with Crippen molar-refractivity contribution in [1.29, 1.82) is 0 Å². The first-order chi connectivity index (χ1) is 7.65. The van der Waals surface area contributed by atoms with E-state index in [0.717, 1.165) is 42.0 Å². The zero-order chi connectivity index (χ0) is 12.0. The molecular weight excluding hydrogens is 268 g/mol. The van der Waals surface area contributed by atoms with Crippen molar-refractivity contribution in [3.05, 3.63) is 28.2 Å². The molecule has 0 amide bonds. The minimum atomic E-state index is 0.761. The van der Waals surface area contributed by atoms with E-state index in [1.54, 1.807) is 0 Å². The van der Waals surface area contributed by atoms with Gasteiger partial charge in [0.25, 0.3) is 0 Å². The standard InChI is InChI=1S/C12H19BrN2O/c1-3-16-8-7-15(2)9-10-11(13)5-4-6-12(10)14/h4-6H,3,7-9,14H2,1-2H3. The van der Waals surface area contributed by atoms with Gasteiger partial charge in [-0.3, -0.25) is 4.90 Å². The van der Waals surface area contributed by atoms with E-state index in [1.165, 1.54) is 0 Å². The first-order valence-electron chi connectivity index (χ1n) is 5.44. The van der Waals surface area contributed by atoms with Crippen molar-refractivity contribution in [3.8, 4) is 0 Å². The Bertz CT molecular complexity index is 311. The van der Waals surface area contributed by atoms with E-state index in [9.17, 15) is 0 Å². The molecule has 0 unspecified atom stereocenters. The third kappa shape index (κ3) is 4.12. The molecule has 1 aromatic carbocycles. The predicted molar refractivity (Wildman–Crippen MR) is 71.4 cm³/mol. The number of halogens is 1. The van der Waals surface area contributed by atoms with Gasteiger partial charge in [-0.1, -0.05) is 22.0 Å². The summed E-state index contributed by atoms with van der Waals surface area (Å²) in [5, 5.41) is 0. The molecule has 1 rings (SSSR count). The van der Waals surface area contributed by atoms with Gasteiger partial charge in [0.1, 0.15) is 0 Å². The number of ether oxygens (including phenoxy) is 1. The lowest BCUT2D eigenvalue weighted by Crippen LogP contribution is -2.23. The molecule has 90 valence electrons. The molecule has 0 radical (unpaired) electrons. The van der Waals surface area contributed by atoms with Crippen LogP contribution in [0.1, 0.15) is 12.5 Å². The summed E-state index contributed by atoms with van der Waals surface area (Å²) in [5.41, 5.74) is 7.91. The quantitative estimate of drug-likeness (QED) is 0.645. The molecule has 0 fully saturated rings. The Morgan fingerprint density at radius 3 is 2.81 bits per heavy atom. The maximum absolute atomic E-state index is 5.94. The fourth-order valence-corrected chi connectivity index (χ4v) is 1.96. The van der Waals surface area contributed by atoms with Gasteiger partial charge in [-0.2, -0.15) is 0 Å². The Labute approximate surface area is 106 Å². The van der Waals surface area contributed by atoms with Crippen LogP contribution in [0.4, 0.5) is 5.69 Å². The number of benzene rings is 1. The molecule has 4 heteroatoms. The van der Waals surface area contributed by atoms with Crippen LogP contribution in [0.15, 0.2) is 22.7 Å². The second-order valence-electron chi connectivity index (χ2n) is 3.74. The molecule has 0 bridgehead atoms. The van der Waals surface area contributed by atoms with E-state index in [2.05, 4.69) is 27.9 Å². The number of nitrogens with zero attached hydrogens (tertiary/aromatic N) is 1. The topological polar surface area (TPSA) is 38.5 Å². The van der Waals surface area contributed by atoms with Crippen molar-refractivity contribution >= 4 is 21.6 Å². The highest BCUT2D eigenvalue weighted by atomic mass is 79.9. The van der Waals surface area contributed by atoms with E-state index >= 15 is 0 Å². The second-order valence-corrected chi connectivity index (χ2v) is 4.60. The van der Waals surface area contributed by atoms with E-state index in [1.807, 2.05) is 25.1 Å². The molecule has 0 saturated carbocycles. The van der Waals surface area contributed by atoms with Crippen LogP contribution in [0, 0.1) is 0 Å². The van der Waals surface area contributed by atoms with Crippen LogP contribution < -0.4 is 5.73 Å². The maximum Gasteiger partial charge on any atom is 0.0593 e. The van der Waals surface area contributed by atoms with Crippen LogP contribution in [0.3, 0.4) is 0 Å². The largest absolute Gasteiger partial charge is 0.398 e. The smallest absolute Gasteiger partial charge is 0.0593 e. The van der Waals surface area contributed by atoms with E-state index in [-0.39, 0.29) is 0 Å². The molecule has 0 spiro atoms. The summed E-state index contributed by atoms with van der Waals surface area (Å²) >= 11 is 3.52. The first kappa shape index (κ1) is 13.5. The zero-order valence-corrected chi connectivity index (χ0v) is 11.5. The predicted octanol–water partition coefficient (Wildman–Crippen LogP) is 2.50. The highest BCUT2D eigenvalue weighted by Gasteiger charge is 2.07. The minimum absolute atomic E-state index is 0.761. The Balaban J connectivity index is 2.52. The third-order valence-corrected chi connectivity index (χ3v) is 3.15. The maximum atomic E-state index is 5.94. The van der Waals surface area contributed by atoms with Gasteiger partial charge in [-0.15, -0.1) is 0 Å². The van der Waals surface area contributed by atoms with Gasteiger partial charge >= 0.3 is 0 Å². The number of likely N-dealkylation sites (N-methyl/N-ethyl adjacent to an activating group) is 1. The van der Waals surface area contributed by atoms with Gasteiger partial charge in [-0.25, -0.2) is 0 Å². The summed E-state index contributed by atoms with van der Waals surface area (Å²) in [6.07, 6.45) is 0. The van der Waals surface area contributed by atoms with Crippen LogP contribution in [-0.4, -0.2) is 31.7 Å². The number of hydrogen-bond acceptors (Lipinski definition) is 3. The number of hydrogen-bond donors (Lipinski definition) is 1. The summed E-state index contributed by atoms with van der Waals surface area (Å²) in [7, 11) is 2.07. The van der Waals surface area contributed by atoms with E-state index < -0.39 is 0 Å². The number of anilines is 1. The molecule has 3 nitrogen and oxygen atoms in total. The SMILES string of the molecule is CCOCCN(C)Cc1c(N)cccc1Br. The summed E-state index contributed by atoms with van der Waals surface area (Å²) in [6.45, 7) is 5.28. The molecule has 2 N–H and O–H groups in total. The molecule has 1 aromatic rings. The average Bonchev–Trinajstić information content (AvgIpc) is 2.24. The fraction of sp³-hybridized carbons (Fsp3) is 0.500. The lowest BCUT2D eigenvalue weighted by molar-refractivity contribution is 0.120. The van der Waals surface area contributed by atoms with Crippen molar-refractivity contribution < 1.29 is 4.74 Å². The van der Waals surface area contributed by atoms with Gasteiger partial charge in [0.2, 0.25) is 0 Å². The van der Waals surface area contributed by atoms with Crippen LogP contribution in [-0.2, 0) is 11.3 Å². The van der Waals surface area contributed by atoms with Gasteiger partial charge in [-0.05, 0) is 26.1 Å². The monoisotopic (exact) mass is 286 g/mol. The molecule has 0 aliphatic heterocycles. The molecule has 0 aliphatic rings. The summed E-state index contributed by atoms with van der Waals surface area (Å²) < 4.78 is 6.38. The Morgan fingerprint density at radius 2 is 2.19 bits per heavy atom. The Kier molecular flexibility index (Phi) is 5.80. The Hall–Kier alpha value is -0.580. The summed E-state index contributed by atoms with van der Waals surface area (Å²) in [6, 6.07) is 5.89. The van der Waals surface area contributed by atoms with Crippen molar-refractivity contribution in [2.75, 3.05) is 32.5 Å². The van der Waals surface area contributed by atoms with Gasteiger partial charge in [0.15, 0.2) is 0 Å². The lowest BCUT2D eigenvalue weighted by atomic mass is 10.2. The average molecular weight is 287 g/mol. The minimum Gasteiger partial charge on any atom is -0.398 e. The van der Waals surface area contributed by atoms with Crippen molar-refractivity contribution in [1.82, 2.24) is 4.90 Å². The van der Waals surface area contributed by atoms with Crippen molar-refractivity contribution in [2.24, 2.45) is 0 Å². The summed E-state index contributed by atoms with van der Waals surface area (Å²) in [4.78, 5) is 2.20. The van der Waals surface area contributed by atoms with E-state index in [0.29, 0.717) is 0 Å². The number of nitrogen functional groups attached to an aromatic ring is 1. The third-order valence-electron chi connectivity index (χ3n) is 2.40. The van der Waals surface area contributed by atoms with Crippen LogP contribution in [0.5, 0.6) is 0 Å². The second kappa shape index (κ2) is 6.89. The fourth-order valence-electron chi connectivity index (χ4n) is 1.46. The molecule has 0 aromatic heterocycles. The highest BCUT2D eigenvalue weighted by molar-refractivity contribution is 9.10. The molecule has 0 saturated heterocycles. The normalized spacial score (nSPS) is 11.0. The molecule has 0 heterocycles. The molecule has 16 heavy (non-hydrogen) atoms. The van der Waals surface area contributed by atoms with Crippen LogP contribution in [0.2, 0.25) is 0 Å². The lowest BCUT2D eigenvalue weighted by Gasteiger charge is -2.18. The van der Waals surface area contributed by atoms with Crippen LogP contribution in [0.25, 0.3) is 0 Å². The molecular formula is C12H19BrN2O. The van der Waals surface area contributed by atoms with Gasteiger partial charge < -0.3 is 10.5 Å². The number of rotatable bonds is 6. The van der Waals surface area contributed by atoms with Gasteiger partial charge in [0, 0.05) is 35.4 Å². The number of nitrogens with two attached hydrogens (primary N) is 1. The van der Waals surface area contributed by atoms with Crippen molar-refractivity contribution in [2.45, 2.75) is 13.5 Å². The van der Waals surface area contributed by atoms with E-state index in [4.69, 9.17) is 10.5 Å². The Morgan fingerprint density at radius 1 is 1.44 bits per heavy atom. The van der Waals surface area contributed by atoms with Crippen LogP contribution >= 0.6 is 15.9 Å². The zero-order valence-electron chi connectivity index (χ0n) is 9.87.